The van der Waals surface area contributed by atoms with Gasteiger partial charge in [0.15, 0.2) is 0 Å². The lowest BCUT2D eigenvalue weighted by molar-refractivity contribution is -0.141. The molecule has 0 N–H and O–H groups in total. The number of carbonyl (C=O) groups is 1. The molecule has 1 aromatic rings. The van der Waals surface area contributed by atoms with Crippen molar-refractivity contribution in [2.24, 2.45) is 0 Å². The predicted molar refractivity (Wildman–Crippen MR) is 72.0 cm³/mol. The lowest BCUT2D eigenvalue weighted by Crippen LogP contribution is -2.36. The van der Waals surface area contributed by atoms with Crippen molar-refractivity contribution in [3.8, 4) is 0 Å². The van der Waals surface area contributed by atoms with Gasteiger partial charge in [-0.1, -0.05) is 12.1 Å². The van der Waals surface area contributed by atoms with E-state index in [0.717, 1.165) is 29.2 Å². The van der Waals surface area contributed by atoms with E-state index in [1.807, 2.05) is 24.3 Å². The molecule has 0 radical (unpaired) electrons. The zero-order valence-corrected chi connectivity index (χ0v) is 11.4. The van der Waals surface area contributed by atoms with Crippen molar-refractivity contribution in [1.82, 2.24) is 4.90 Å². The summed E-state index contributed by atoms with van der Waals surface area (Å²) in [6, 6.07) is 7.61. The fraction of sp³-hybridized carbons (Fsp3) is 0.500. The minimum atomic E-state index is -2.95. The van der Waals surface area contributed by atoms with Gasteiger partial charge in [0, 0.05) is 32.4 Å². The number of alkyl halides is 2. The standard InChI is InChI=1S/C14H18F2N2O2/c1-17(14(19)13(15)16)10-11-2-4-12(5-3-11)18-6-8-20-9-7-18/h2-5,13H,6-10H2,1H3. The van der Waals surface area contributed by atoms with Gasteiger partial charge < -0.3 is 14.5 Å². The molecular weight excluding hydrogens is 266 g/mol. The molecule has 2 rings (SSSR count). The highest BCUT2D eigenvalue weighted by molar-refractivity contribution is 5.79. The molecular formula is C14H18F2N2O2. The van der Waals surface area contributed by atoms with Gasteiger partial charge in [-0.3, -0.25) is 4.79 Å². The maximum atomic E-state index is 12.3. The summed E-state index contributed by atoms with van der Waals surface area (Å²) in [5, 5.41) is 0. The van der Waals surface area contributed by atoms with Gasteiger partial charge in [0.1, 0.15) is 0 Å². The summed E-state index contributed by atoms with van der Waals surface area (Å²) >= 11 is 0. The summed E-state index contributed by atoms with van der Waals surface area (Å²) in [5.41, 5.74) is 1.92. The lowest BCUT2D eigenvalue weighted by Gasteiger charge is -2.29. The van der Waals surface area contributed by atoms with Crippen LogP contribution < -0.4 is 4.90 Å². The van der Waals surface area contributed by atoms with Gasteiger partial charge >= 0.3 is 6.43 Å². The third-order valence-corrected chi connectivity index (χ3v) is 3.30. The van der Waals surface area contributed by atoms with E-state index in [1.165, 1.54) is 7.05 Å². The molecule has 20 heavy (non-hydrogen) atoms. The number of ether oxygens (including phenoxy) is 1. The molecule has 0 saturated carbocycles. The smallest absolute Gasteiger partial charge is 0.315 e. The zero-order chi connectivity index (χ0) is 14.5. The number of hydrogen-bond acceptors (Lipinski definition) is 3. The van der Waals surface area contributed by atoms with Crippen LogP contribution in [0.15, 0.2) is 24.3 Å². The van der Waals surface area contributed by atoms with Gasteiger partial charge in [-0.15, -0.1) is 0 Å². The Hall–Kier alpha value is -1.69. The summed E-state index contributed by atoms with van der Waals surface area (Å²) in [5.74, 6) is -1.15. The maximum Gasteiger partial charge on any atom is 0.315 e. The van der Waals surface area contributed by atoms with Gasteiger partial charge in [0.25, 0.3) is 5.91 Å². The Balaban J connectivity index is 1.95. The number of rotatable bonds is 4. The van der Waals surface area contributed by atoms with E-state index in [2.05, 4.69) is 4.90 Å². The number of morpholine rings is 1. The van der Waals surface area contributed by atoms with E-state index in [4.69, 9.17) is 4.74 Å². The number of benzene rings is 1. The Labute approximate surface area is 116 Å². The molecule has 0 bridgehead atoms. The van der Waals surface area contributed by atoms with Gasteiger partial charge in [-0.2, -0.15) is 8.78 Å². The van der Waals surface area contributed by atoms with E-state index >= 15 is 0 Å². The van der Waals surface area contributed by atoms with E-state index in [0.29, 0.717) is 13.2 Å². The number of amides is 1. The lowest BCUT2D eigenvalue weighted by atomic mass is 10.1. The molecule has 0 aromatic heterocycles. The van der Waals surface area contributed by atoms with Crippen LogP contribution >= 0.6 is 0 Å². The SMILES string of the molecule is CN(Cc1ccc(N2CCOCC2)cc1)C(=O)C(F)F. The number of nitrogens with zero attached hydrogens (tertiary/aromatic N) is 2. The van der Waals surface area contributed by atoms with E-state index < -0.39 is 12.3 Å². The summed E-state index contributed by atoms with van der Waals surface area (Å²) in [7, 11) is 1.38. The molecule has 1 saturated heterocycles. The van der Waals surface area contributed by atoms with Crippen molar-refractivity contribution in [3.63, 3.8) is 0 Å². The van der Waals surface area contributed by atoms with Crippen LogP contribution in [-0.2, 0) is 16.1 Å². The Morgan fingerprint density at radius 3 is 2.45 bits per heavy atom. The second kappa shape index (κ2) is 6.65. The van der Waals surface area contributed by atoms with Crippen LogP contribution in [-0.4, -0.2) is 50.6 Å². The van der Waals surface area contributed by atoms with Crippen molar-refractivity contribution >= 4 is 11.6 Å². The molecule has 1 aromatic carbocycles. The summed E-state index contributed by atoms with van der Waals surface area (Å²) in [4.78, 5) is 14.4. The summed E-state index contributed by atoms with van der Waals surface area (Å²) < 4.78 is 29.8. The average Bonchev–Trinajstić information content (AvgIpc) is 2.48. The number of halogens is 2. The summed E-state index contributed by atoms with van der Waals surface area (Å²) in [6.45, 7) is 3.32. The highest BCUT2D eigenvalue weighted by Gasteiger charge is 2.20. The molecule has 110 valence electrons. The fourth-order valence-electron chi connectivity index (χ4n) is 2.15. The highest BCUT2D eigenvalue weighted by atomic mass is 19.3. The van der Waals surface area contributed by atoms with Crippen molar-refractivity contribution < 1.29 is 18.3 Å². The molecule has 0 atom stereocenters. The van der Waals surface area contributed by atoms with Crippen molar-refractivity contribution in [1.29, 1.82) is 0 Å². The van der Waals surface area contributed by atoms with Gasteiger partial charge in [-0.25, -0.2) is 0 Å². The molecule has 0 aliphatic carbocycles. The molecule has 1 heterocycles. The third kappa shape index (κ3) is 3.66. The molecule has 0 spiro atoms. The van der Waals surface area contributed by atoms with Gasteiger partial charge in [0.05, 0.1) is 13.2 Å². The van der Waals surface area contributed by atoms with Crippen LogP contribution in [0.4, 0.5) is 14.5 Å². The monoisotopic (exact) mass is 284 g/mol. The first-order valence-electron chi connectivity index (χ1n) is 6.52. The van der Waals surface area contributed by atoms with Crippen molar-refractivity contribution in [2.45, 2.75) is 13.0 Å². The van der Waals surface area contributed by atoms with Crippen LogP contribution in [0.2, 0.25) is 0 Å². The maximum absolute atomic E-state index is 12.3. The van der Waals surface area contributed by atoms with Gasteiger partial charge in [0.2, 0.25) is 0 Å². The number of anilines is 1. The van der Waals surface area contributed by atoms with E-state index in [9.17, 15) is 13.6 Å². The van der Waals surface area contributed by atoms with Gasteiger partial charge in [-0.05, 0) is 17.7 Å². The van der Waals surface area contributed by atoms with Crippen LogP contribution in [0, 0.1) is 0 Å². The quantitative estimate of drug-likeness (QED) is 0.844. The Kier molecular flexibility index (Phi) is 4.89. The molecule has 6 heteroatoms. The number of carbonyl (C=O) groups excluding carboxylic acids is 1. The topological polar surface area (TPSA) is 32.8 Å². The minimum absolute atomic E-state index is 0.187. The molecule has 1 amide bonds. The first-order chi connectivity index (χ1) is 9.58. The Morgan fingerprint density at radius 2 is 1.90 bits per heavy atom. The molecule has 0 unspecified atom stereocenters. The van der Waals surface area contributed by atoms with Crippen LogP contribution in [0.1, 0.15) is 5.56 Å². The molecule has 1 fully saturated rings. The molecule has 1 aliphatic heterocycles. The minimum Gasteiger partial charge on any atom is -0.378 e. The number of hydrogen-bond donors (Lipinski definition) is 0. The van der Waals surface area contributed by atoms with Crippen LogP contribution in [0.5, 0.6) is 0 Å². The highest BCUT2D eigenvalue weighted by Crippen LogP contribution is 2.17. The molecule has 1 aliphatic rings. The second-order valence-electron chi connectivity index (χ2n) is 4.76. The predicted octanol–water partition coefficient (Wildman–Crippen LogP) is 1.75. The van der Waals surface area contributed by atoms with Crippen molar-refractivity contribution in [3.05, 3.63) is 29.8 Å². The normalized spacial score (nSPS) is 15.5. The largest absolute Gasteiger partial charge is 0.378 e. The average molecular weight is 284 g/mol. The third-order valence-electron chi connectivity index (χ3n) is 3.30. The van der Waals surface area contributed by atoms with Crippen LogP contribution in [0.3, 0.4) is 0 Å². The van der Waals surface area contributed by atoms with Crippen LogP contribution in [0.25, 0.3) is 0 Å². The van der Waals surface area contributed by atoms with E-state index in [1.54, 1.807) is 0 Å². The Morgan fingerprint density at radius 1 is 1.30 bits per heavy atom. The van der Waals surface area contributed by atoms with Crippen molar-refractivity contribution in [2.75, 3.05) is 38.3 Å². The Bertz CT molecular complexity index is 445. The first kappa shape index (κ1) is 14.7. The second-order valence-corrected chi connectivity index (χ2v) is 4.76. The van der Waals surface area contributed by atoms with E-state index in [-0.39, 0.29) is 6.54 Å². The summed E-state index contributed by atoms with van der Waals surface area (Å²) in [6.07, 6.45) is -2.95. The first-order valence-corrected chi connectivity index (χ1v) is 6.52. The fourth-order valence-corrected chi connectivity index (χ4v) is 2.15. The zero-order valence-electron chi connectivity index (χ0n) is 11.4. The molecule has 4 nitrogen and oxygen atoms in total.